The lowest BCUT2D eigenvalue weighted by Crippen LogP contribution is -2.41. The largest absolute Gasteiger partial charge is 0.291 e. The fourth-order valence-corrected chi connectivity index (χ4v) is 3.93. The molecule has 10 heteroatoms. The van der Waals surface area contributed by atoms with Crippen LogP contribution in [0, 0.1) is 5.82 Å². The summed E-state index contributed by atoms with van der Waals surface area (Å²) in [7, 11) is 0. The van der Waals surface area contributed by atoms with E-state index in [1.54, 1.807) is 0 Å². The van der Waals surface area contributed by atoms with Crippen molar-refractivity contribution in [3.05, 3.63) is 76.1 Å². The lowest BCUT2D eigenvalue weighted by atomic mass is 10.2. The molecule has 0 aliphatic carbocycles. The number of nitrogens with one attached hydrogen (secondary N) is 2. The fraction of sp³-hybridized carbons (Fsp3) is 0. The van der Waals surface area contributed by atoms with Gasteiger partial charge >= 0.3 is 0 Å². The molecule has 2 amide bonds. The Bertz CT molecular complexity index is 1190. The molecule has 2 aromatic heterocycles. The minimum absolute atomic E-state index is 0.0219. The summed E-state index contributed by atoms with van der Waals surface area (Å²) in [6.45, 7) is 0. The second kappa shape index (κ2) is 7.37. The molecule has 7 nitrogen and oxygen atoms in total. The molecule has 0 saturated heterocycles. The number of benzene rings is 2. The van der Waals surface area contributed by atoms with Crippen LogP contribution in [-0.4, -0.2) is 26.8 Å². The first-order valence-corrected chi connectivity index (χ1v) is 9.18. The highest BCUT2D eigenvalue weighted by molar-refractivity contribution is 7.21. The number of aromatic nitrogens is 3. The van der Waals surface area contributed by atoms with E-state index in [2.05, 4.69) is 21.2 Å². The standard InChI is InChI=1S/C18H11ClFN5O2S/c19-15-12-7-6-10(20)8-14(12)28-16(15)18(27)23-22-17(26)13-9-25(24-21-13)11-4-2-1-3-5-11/h1-9H,(H,22,26)(H,23,27). The van der Waals surface area contributed by atoms with E-state index >= 15 is 0 Å². The molecule has 0 saturated carbocycles. The zero-order valence-electron chi connectivity index (χ0n) is 14.0. The number of halogens is 2. The summed E-state index contributed by atoms with van der Waals surface area (Å²) >= 11 is 7.22. The van der Waals surface area contributed by atoms with Crippen molar-refractivity contribution in [3.63, 3.8) is 0 Å². The first kappa shape index (κ1) is 18.1. The van der Waals surface area contributed by atoms with Crippen LogP contribution in [0.3, 0.4) is 0 Å². The maximum Gasteiger partial charge on any atom is 0.291 e. The number of fused-ring (bicyclic) bond motifs is 1. The van der Waals surface area contributed by atoms with E-state index in [0.717, 1.165) is 17.0 Å². The van der Waals surface area contributed by atoms with Gasteiger partial charge in [-0.05, 0) is 30.3 Å². The predicted octanol–water partition coefficient (Wildman–Crippen LogP) is 3.35. The number of para-hydroxylation sites is 1. The van der Waals surface area contributed by atoms with Crippen LogP contribution in [-0.2, 0) is 0 Å². The van der Waals surface area contributed by atoms with Crippen LogP contribution in [0.15, 0.2) is 54.7 Å². The molecule has 0 spiro atoms. The number of hydrogen-bond donors (Lipinski definition) is 2. The molecule has 0 aliphatic rings. The van der Waals surface area contributed by atoms with Gasteiger partial charge in [0.05, 0.1) is 16.9 Å². The normalized spacial score (nSPS) is 10.8. The molecular formula is C18H11ClFN5O2S. The van der Waals surface area contributed by atoms with E-state index in [9.17, 15) is 14.0 Å². The number of amides is 2. The van der Waals surface area contributed by atoms with E-state index in [4.69, 9.17) is 11.6 Å². The van der Waals surface area contributed by atoms with E-state index < -0.39 is 17.6 Å². The average Bonchev–Trinajstić information content (AvgIpc) is 3.32. The van der Waals surface area contributed by atoms with Crippen LogP contribution >= 0.6 is 22.9 Å². The molecule has 0 aliphatic heterocycles. The predicted molar refractivity (Wildman–Crippen MR) is 103 cm³/mol. The Kier molecular flexibility index (Phi) is 4.76. The molecule has 4 aromatic rings. The number of carbonyl (C=O) groups excluding carboxylic acids is 2. The molecule has 2 heterocycles. The highest BCUT2D eigenvalue weighted by Crippen LogP contribution is 2.35. The van der Waals surface area contributed by atoms with Crippen molar-refractivity contribution in [1.29, 1.82) is 0 Å². The topological polar surface area (TPSA) is 88.9 Å². The van der Waals surface area contributed by atoms with Crippen LogP contribution in [0.1, 0.15) is 20.2 Å². The number of nitrogens with zero attached hydrogens (tertiary/aromatic N) is 3. The van der Waals surface area contributed by atoms with Gasteiger partial charge in [-0.2, -0.15) is 0 Å². The second-order valence-corrected chi connectivity index (χ2v) is 7.11. The van der Waals surface area contributed by atoms with Crippen LogP contribution in [0.2, 0.25) is 5.02 Å². The molecule has 140 valence electrons. The maximum absolute atomic E-state index is 13.3. The van der Waals surface area contributed by atoms with Crippen molar-refractivity contribution < 1.29 is 14.0 Å². The minimum Gasteiger partial charge on any atom is -0.266 e. The monoisotopic (exact) mass is 415 g/mol. The van der Waals surface area contributed by atoms with Gasteiger partial charge in [-0.1, -0.05) is 35.0 Å². The molecule has 28 heavy (non-hydrogen) atoms. The van der Waals surface area contributed by atoms with Gasteiger partial charge in [0.15, 0.2) is 5.69 Å². The van der Waals surface area contributed by atoms with Crippen LogP contribution in [0.25, 0.3) is 15.8 Å². The number of carbonyl (C=O) groups is 2. The molecule has 4 rings (SSSR count). The molecule has 0 radical (unpaired) electrons. The quantitative estimate of drug-likeness (QED) is 0.502. The summed E-state index contributed by atoms with van der Waals surface area (Å²) in [4.78, 5) is 24.7. The van der Waals surface area contributed by atoms with E-state index in [1.807, 2.05) is 30.3 Å². The Morgan fingerprint density at radius 2 is 1.82 bits per heavy atom. The lowest BCUT2D eigenvalue weighted by Gasteiger charge is -2.04. The van der Waals surface area contributed by atoms with E-state index in [0.29, 0.717) is 10.1 Å². The zero-order chi connectivity index (χ0) is 19.7. The summed E-state index contributed by atoms with van der Waals surface area (Å²) in [6.07, 6.45) is 1.44. The van der Waals surface area contributed by atoms with E-state index in [1.165, 1.54) is 29.1 Å². The van der Waals surface area contributed by atoms with Gasteiger partial charge in [0.2, 0.25) is 0 Å². The van der Waals surface area contributed by atoms with Gasteiger partial charge in [-0.3, -0.25) is 20.4 Å². The Morgan fingerprint density at radius 1 is 1.07 bits per heavy atom. The number of hydrogen-bond acceptors (Lipinski definition) is 5. The second-order valence-electron chi connectivity index (χ2n) is 5.68. The fourth-order valence-electron chi connectivity index (χ4n) is 2.49. The van der Waals surface area contributed by atoms with E-state index in [-0.39, 0.29) is 15.6 Å². The molecular weight excluding hydrogens is 405 g/mol. The van der Waals surface area contributed by atoms with Gasteiger partial charge in [0.1, 0.15) is 10.7 Å². The first-order chi connectivity index (χ1) is 13.5. The number of rotatable bonds is 3. The average molecular weight is 416 g/mol. The highest BCUT2D eigenvalue weighted by Gasteiger charge is 2.19. The van der Waals surface area contributed by atoms with Gasteiger partial charge in [0, 0.05) is 10.1 Å². The maximum atomic E-state index is 13.3. The summed E-state index contributed by atoms with van der Waals surface area (Å²) in [5.41, 5.74) is 5.30. The van der Waals surface area contributed by atoms with Crippen molar-refractivity contribution in [2.24, 2.45) is 0 Å². The molecule has 0 atom stereocenters. The van der Waals surface area contributed by atoms with Gasteiger partial charge < -0.3 is 0 Å². The van der Waals surface area contributed by atoms with Crippen molar-refractivity contribution in [3.8, 4) is 5.69 Å². The molecule has 2 N–H and O–H groups in total. The Hall–Kier alpha value is -3.30. The third kappa shape index (κ3) is 3.45. The summed E-state index contributed by atoms with van der Waals surface area (Å²) < 4.78 is 15.3. The van der Waals surface area contributed by atoms with Gasteiger partial charge in [-0.25, -0.2) is 9.07 Å². The minimum atomic E-state index is -0.640. The van der Waals surface area contributed by atoms with Gasteiger partial charge in [0.25, 0.3) is 11.8 Å². The van der Waals surface area contributed by atoms with Crippen LogP contribution < -0.4 is 10.9 Å². The van der Waals surface area contributed by atoms with Crippen molar-refractivity contribution in [2.75, 3.05) is 0 Å². The number of hydrazine groups is 1. The first-order valence-electron chi connectivity index (χ1n) is 7.99. The van der Waals surface area contributed by atoms with Gasteiger partial charge in [-0.15, -0.1) is 16.4 Å². The van der Waals surface area contributed by atoms with Crippen molar-refractivity contribution >= 4 is 44.8 Å². The zero-order valence-corrected chi connectivity index (χ0v) is 15.6. The Labute approximate surface area is 166 Å². The number of thiophene rings is 1. The van der Waals surface area contributed by atoms with Crippen LogP contribution in [0.5, 0.6) is 0 Å². The van der Waals surface area contributed by atoms with Crippen molar-refractivity contribution in [1.82, 2.24) is 25.8 Å². The smallest absolute Gasteiger partial charge is 0.266 e. The molecule has 0 bridgehead atoms. The third-order valence-corrected chi connectivity index (χ3v) is 5.49. The van der Waals surface area contributed by atoms with Crippen LogP contribution in [0.4, 0.5) is 4.39 Å². The summed E-state index contributed by atoms with van der Waals surface area (Å²) in [6, 6.07) is 13.2. The summed E-state index contributed by atoms with van der Waals surface area (Å²) in [5.74, 6) is -1.68. The third-order valence-electron chi connectivity index (χ3n) is 3.83. The highest BCUT2D eigenvalue weighted by atomic mass is 35.5. The molecule has 0 fully saturated rings. The summed E-state index contributed by atoms with van der Waals surface area (Å²) in [5, 5.41) is 8.43. The molecule has 2 aromatic carbocycles. The Balaban J connectivity index is 1.46. The lowest BCUT2D eigenvalue weighted by molar-refractivity contribution is 0.0846. The van der Waals surface area contributed by atoms with Crippen molar-refractivity contribution in [2.45, 2.75) is 0 Å². The molecule has 0 unspecified atom stereocenters. The SMILES string of the molecule is O=C(NNC(=O)c1sc2cc(F)ccc2c1Cl)c1cn(-c2ccccc2)nn1. The Morgan fingerprint density at radius 3 is 2.61 bits per heavy atom.